The Bertz CT molecular complexity index is 461. The second-order valence-corrected chi connectivity index (χ2v) is 4.84. The van der Waals surface area contributed by atoms with Crippen LogP contribution in [0.4, 0.5) is 15.8 Å². The van der Waals surface area contributed by atoms with Crippen molar-refractivity contribution in [3.8, 4) is 0 Å². The Balaban J connectivity index is 2.07. The van der Waals surface area contributed by atoms with Gasteiger partial charge < -0.3 is 10.1 Å². The van der Waals surface area contributed by atoms with Crippen LogP contribution in [0.15, 0.2) is 18.2 Å². The second-order valence-electron chi connectivity index (χ2n) is 4.84. The Kier molecular flexibility index (Phi) is 4.31. The number of anilines is 1. The van der Waals surface area contributed by atoms with E-state index in [9.17, 15) is 14.5 Å². The van der Waals surface area contributed by atoms with Crippen LogP contribution >= 0.6 is 0 Å². The van der Waals surface area contributed by atoms with E-state index in [-0.39, 0.29) is 11.7 Å². The fourth-order valence-electron chi connectivity index (χ4n) is 2.36. The minimum atomic E-state index is -0.601. The highest BCUT2D eigenvalue weighted by molar-refractivity contribution is 5.52. The average Bonchev–Trinajstić information content (AvgIpc) is 2.39. The summed E-state index contributed by atoms with van der Waals surface area (Å²) < 4.78 is 18.6. The molecule has 1 aromatic rings. The van der Waals surface area contributed by atoms with Crippen LogP contribution in [-0.2, 0) is 4.74 Å². The van der Waals surface area contributed by atoms with Gasteiger partial charge >= 0.3 is 0 Å². The Morgan fingerprint density at radius 1 is 1.42 bits per heavy atom. The minimum absolute atomic E-state index is 0.130. The van der Waals surface area contributed by atoms with Gasteiger partial charge in [0.1, 0.15) is 5.82 Å². The SMILES string of the molecule is CC(Nc1cc(F)cc([N+](=O)[O-])c1)C1CCOCC1. The summed E-state index contributed by atoms with van der Waals surface area (Å²) in [6, 6.07) is 3.69. The van der Waals surface area contributed by atoms with Crippen molar-refractivity contribution in [2.24, 2.45) is 5.92 Å². The van der Waals surface area contributed by atoms with Crippen molar-refractivity contribution in [2.75, 3.05) is 18.5 Å². The van der Waals surface area contributed by atoms with E-state index in [1.165, 1.54) is 12.1 Å². The molecule has 1 fully saturated rings. The molecule has 1 saturated heterocycles. The molecule has 0 bridgehead atoms. The van der Waals surface area contributed by atoms with Gasteiger partial charge in [-0.05, 0) is 31.7 Å². The van der Waals surface area contributed by atoms with E-state index in [2.05, 4.69) is 5.32 Å². The molecular formula is C13H17FN2O3. The summed E-state index contributed by atoms with van der Waals surface area (Å²) >= 11 is 0. The van der Waals surface area contributed by atoms with Gasteiger partial charge in [-0.25, -0.2) is 4.39 Å². The van der Waals surface area contributed by atoms with Crippen molar-refractivity contribution in [1.29, 1.82) is 0 Å². The van der Waals surface area contributed by atoms with E-state index in [1.54, 1.807) is 0 Å². The summed E-state index contributed by atoms with van der Waals surface area (Å²) in [5.74, 6) is -0.160. The highest BCUT2D eigenvalue weighted by atomic mass is 19.1. The Morgan fingerprint density at radius 2 is 2.11 bits per heavy atom. The summed E-state index contributed by atoms with van der Waals surface area (Å²) in [5, 5.41) is 13.8. The van der Waals surface area contributed by atoms with Crippen molar-refractivity contribution in [3.05, 3.63) is 34.1 Å². The van der Waals surface area contributed by atoms with E-state index < -0.39 is 10.7 Å². The van der Waals surface area contributed by atoms with Crippen LogP contribution in [0.2, 0.25) is 0 Å². The smallest absolute Gasteiger partial charge is 0.274 e. The lowest BCUT2D eigenvalue weighted by Gasteiger charge is -2.29. The first-order chi connectivity index (χ1) is 9.06. The number of nitro groups is 1. The lowest BCUT2D eigenvalue weighted by atomic mass is 9.93. The van der Waals surface area contributed by atoms with Gasteiger partial charge in [0, 0.05) is 31.0 Å². The van der Waals surface area contributed by atoms with Crippen LogP contribution in [0.1, 0.15) is 19.8 Å². The van der Waals surface area contributed by atoms with Crippen LogP contribution < -0.4 is 5.32 Å². The largest absolute Gasteiger partial charge is 0.382 e. The standard InChI is InChI=1S/C13H17FN2O3/c1-9(10-2-4-19-5-3-10)15-12-6-11(14)7-13(8-12)16(17)18/h6-10,15H,2-5H2,1H3. The van der Waals surface area contributed by atoms with Gasteiger partial charge in [0.05, 0.1) is 11.0 Å². The van der Waals surface area contributed by atoms with Gasteiger partial charge in [0.2, 0.25) is 0 Å². The normalized spacial score (nSPS) is 18.0. The van der Waals surface area contributed by atoms with Crippen molar-refractivity contribution < 1.29 is 14.1 Å². The van der Waals surface area contributed by atoms with Gasteiger partial charge in [0.15, 0.2) is 0 Å². The van der Waals surface area contributed by atoms with E-state index >= 15 is 0 Å². The lowest BCUT2D eigenvalue weighted by Crippen LogP contribution is -2.31. The zero-order chi connectivity index (χ0) is 13.8. The summed E-state index contributed by atoms with van der Waals surface area (Å²) in [4.78, 5) is 10.1. The molecule has 1 atom stereocenters. The molecule has 0 aromatic heterocycles. The average molecular weight is 268 g/mol. The maximum absolute atomic E-state index is 13.3. The molecule has 0 radical (unpaired) electrons. The van der Waals surface area contributed by atoms with E-state index in [1.807, 2.05) is 6.92 Å². The highest BCUT2D eigenvalue weighted by Gasteiger charge is 2.21. The molecule has 2 rings (SSSR count). The number of hydrogen-bond acceptors (Lipinski definition) is 4. The third kappa shape index (κ3) is 3.64. The van der Waals surface area contributed by atoms with Crippen molar-refractivity contribution in [1.82, 2.24) is 0 Å². The number of nitrogens with zero attached hydrogens (tertiary/aromatic N) is 1. The van der Waals surface area contributed by atoms with Gasteiger partial charge in [-0.3, -0.25) is 10.1 Å². The first-order valence-electron chi connectivity index (χ1n) is 6.35. The molecule has 1 aliphatic rings. The zero-order valence-corrected chi connectivity index (χ0v) is 10.8. The first kappa shape index (κ1) is 13.7. The van der Waals surface area contributed by atoms with Crippen LogP contribution in [0.5, 0.6) is 0 Å². The predicted octanol–water partition coefficient (Wildman–Crippen LogP) is 2.96. The Labute approximate surface area is 110 Å². The minimum Gasteiger partial charge on any atom is -0.382 e. The fraction of sp³-hybridized carbons (Fsp3) is 0.538. The number of halogens is 1. The third-order valence-electron chi connectivity index (χ3n) is 3.46. The quantitative estimate of drug-likeness (QED) is 0.673. The Morgan fingerprint density at radius 3 is 2.74 bits per heavy atom. The van der Waals surface area contributed by atoms with Gasteiger partial charge in [0.25, 0.3) is 5.69 Å². The van der Waals surface area contributed by atoms with Crippen LogP contribution in [0.3, 0.4) is 0 Å². The van der Waals surface area contributed by atoms with E-state index in [0.717, 1.165) is 32.1 Å². The van der Waals surface area contributed by atoms with Gasteiger partial charge in [-0.2, -0.15) is 0 Å². The fourth-order valence-corrected chi connectivity index (χ4v) is 2.36. The summed E-state index contributed by atoms with van der Waals surface area (Å²) in [5.41, 5.74) is 0.215. The molecule has 1 aromatic carbocycles. The number of rotatable bonds is 4. The molecule has 0 amide bonds. The van der Waals surface area contributed by atoms with Crippen molar-refractivity contribution in [2.45, 2.75) is 25.8 Å². The van der Waals surface area contributed by atoms with Gasteiger partial charge in [-0.1, -0.05) is 0 Å². The number of nitro benzene ring substituents is 1. The molecule has 6 heteroatoms. The number of nitrogens with one attached hydrogen (secondary N) is 1. The monoisotopic (exact) mass is 268 g/mol. The molecule has 1 unspecified atom stereocenters. The topological polar surface area (TPSA) is 64.4 Å². The molecule has 19 heavy (non-hydrogen) atoms. The second kappa shape index (κ2) is 5.97. The molecule has 0 aliphatic carbocycles. The molecular weight excluding hydrogens is 251 g/mol. The number of hydrogen-bond donors (Lipinski definition) is 1. The van der Waals surface area contributed by atoms with Crippen LogP contribution in [0, 0.1) is 21.8 Å². The lowest BCUT2D eigenvalue weighted by molar-refractivity contribution is -0.385. The van der Waals surface area contributed by atoms with Crippen LogP contribution in [-0.4, -0.2) is 24.2 Å². The molecule has 1 N–H and O–H groups in total. The molecule has 104 valence electrons. The summed E-state index contributed by atoms with van der Waals surface area (Å²) in [6.45, 7) is 3.48. The maximum atomic E-state index is 13.3. The summed E-state index contributed by atoms with van der Waals surface area (Å²) in [7, 11) is 0. The number of benzene rings is 1. The highest BCUT2D eigenvalue weighted by Crippen LogP contribution is 2.25. The van der Waals surface area contributed by atoms with E-state index in [0.29, 0.717) is 11.6 Å². The Hall–Kier alpha value is -1.69. The molecule has 1 heterocycles. The number of ether oxygens (including phenoxy) is 1. The number of non-ortho nitro benzene ring substituents is 1. The predicted molar refractivity (Wildman–Crippen MR) is 69.7 cm³/mol. The molecule has 1 aliphatic heterocycles. The van der Waals surface area contributed by atoms with E-state index in [4.69, 9.17) is 4.74 Å². The third-order valence-corrected chi connectivity index (χ3v) is 3.46. The van der Waals surface area contributed by atoms with Crippen LogP contribution in [0.25, 0.3) is 0 Å². The van der Waals surface area contributed by atoms with Gasteiger partial charge in [-0.15, -0.1) is 0 Å². The molecule has 0 saturated carbocycles. The maximum Gasteiger partial charge on any atom is 0.274 e. The molecule has 0 spiro atoms. The molecule has 5 nitrogen and oxygen atoms in total. The van der Waals surface area contributed by atoms with Crippen molar-refractivity contribution in [3.63, 3.8) is 0 Å². The van der Waals surface area contributed by atoms with Crippen molar-refractivity contribution >= 4 is 11.4 Å². The summed E-state index contributed by atoms with van der Waals surface area (Å²) in [6.07, 6.45) is 1.90. The zero-order valence-electron chi connectivity index (χ0n) is 10.8. The first-order valence-corrected chi connectivity index (χ1v) is 6.35.